The van der Waals surface area contributed by atoms with Gasteiger partial charge in [0, 0.05) is 5.57 Å². The molecule has 164 valence electrons. The van der Waals surface area contributed by atoms with Crippen molar-refractivity contribution in [1.29, 1.82) is 0 Å². The fourth-order valence-electron chi connectivity index (χ4n) is 5.23. The number of ether oxygens (including phenoxy) is 2. The quantitative estimate of drug-likeness (QED) is 0.344. The van der Waals surface area contributed by atoms with Crippen molar-refractivity contribution in [3.8, 4) is 0 Å². The van der Waals surface area contributed by atoms with Gasteiger partial charge in [0.2, 0.25) is 0 Å². The second-order valence-corrected chi connectivity index (χ2v) is 10.2. The molecule has 3 fully saturated rings. The lowest BCUT2D eigenvalue weighted by Gasteiger charge is -2.31. The Kier molecular flexibility index (Phi) is 5.81. The molecule has 0 radical (unpaired) electrons. The molecule has 2 bridgehead atoms. The molecule has 0 saturated heterocycles. The molecule has 0 aromatic carbocycles. The Hall–Kier alpha value is -1.55. The van der Waals surface area contributed by atoms with Crippen LogP contribution in [0.25, 0.3) is 0 Å². The minimum absolute atomic E-state index is 0.138. The number of rotatable bonds is 7. The van der Waals surface area contributed by atoms with E-state index < -0.39 is 39.3 Å². The Morgan fingerprint density at radius 3 is 2.31 bits per heavy atom. The van der Waals surface area contributed by atoms with E-state index in [1.807, 2.05) is 0 Å². The fourth-order valence-corrected chi connectivity index (χ4v) is 5.90. The van der Waals surface area contributed by atoms with E-state index >= 15 is 0 Å². The smallest absolute Gasteiger partial charge is 0.405 e. The molecule has 0 aromatic rings. The lowest BCUT2D eigenvalue weighted by Crippen LogP contribution is -2.43. The average molecular weight is 436 g/mol. The highest BCUT2D eigenvalue weighted by molar-refractivity contribution is 7.87. The predicted molar refractivity (Wildman–Crippen MR) is 97.0 cm³/mol. The summed E-state index contributed by atoms with van der Waals surface area (Å²) in [5.74, 6) is -0.952. The zero-order valence-electron chi connectivity index (χ0n) is 16.6. The van der Waals surface area contributed by atoms with Crippen molar-refractivity contribution < 1.29 is 40.4 Å². The van der Waals surface area contributed by atoms with Crippen molar-refractivity contribution in [2.24, 2.45) is 29.6 Å². The van der Waals surface area contributed by atoms with Gasteiger partial charge in [0.15, 0.2) is 6.10 Å². The van der Waals surface area contributed by atoms with Gasteiger partial charge in [0.05, 0.1) is 13.0 Å². The summed E-state index contributed by atoms with van der Waals surface area (Å²) < 4.78 is 65.0. The lowest BCUT2D eigenvalue weighted by atomic mass is 9.80. The molecule has 3 aliphatic rings. The van der Waals surface area contributed by atoms with Gasteiger partial charge in [0.25, 0.3) is 0 Å². The van der Waals surface area contributed by atoms with Crippen LogP contribution >= 0.6 is 0 Å². The number of esters is 2. The molecule has 3 saturated carbocycles. The first-order chi connectivity index (χ1) is 13.4. The average Bonchev–Trinajstić information content (AvgIpc) is 3.32. The summed E-state index contributed by atoms with van der Waals surface area (Å²) in [7, 11) is -4.55. The molecule has 3 rings (SSSR count). The second kappa shape index (κ2) is 7.61. The van der Waals surface area contributed by atoms with Crippen LogP contribution in [0.3, 0.4) is 0 Å². The lowest BCUT2D eigenvalue weighted by molar-refractivity contribution is -0.164. The van der Waals surface area contributed by atoms with Crippen molar-refractivity contribution in [3.63, 3.8) is 0 Å². The van der Waals surface area contributed by atoms with Crippen LogP contribution < -0.4 is 0 Å². The molecule has 0 aliphatic heterocycles. The molecular weight excluding hydrogens is 410 g/mol. The number of hydrogen-bond donors (Lipinski definition) is 0. The zero-order valence-corrected chi connectivity index (χ0v) is 17.4. The van der Waals surface area contributed by atoms with Gasteiger partial charge in [-0.1, -0.05) is 6.58 Å². The SMILES string of the molecule is C=C(C)C(=O)OC1CC2CC1C1CC(C(=O)OC(C)C(F)(F)S(=O)(=O)OC)CC21. The van der Waals surface area contributed by atoms with E-state index in [-0.39, 0.29) is 23.9 Å². The van der Waals surface area contributed by atoms with Crippen LogP contribution in [-0.2, 0) is 33.4 Å². The van der Waals surface area contributed by atoms with Crippen LogP contribution in [0.4, 0.5) is 8.78 Å². The van der Waals surface area contributed by atoms with E-state index in [1.165, 1.54) is 0 Å². The minimum Gasteiger partial charge on any atom is -0.459 e. The Morgan fingerprint density at radius 2 is 1.72 bits per heavy atom. The normalized spacial score (nSPS) is 34.5. The number of hydrogen-bond acceptors (Lipinski definition) is 7. The van der Waals surface area contributed by atoms with E-state index in [0.29, 0.717) is 31.4 Å². The van der Waals surface area contributed by atoms with Crippen molar-refractivity contribution in [2.45, 2.75) is 57.0 Å². The van der Waals surface area contributed by atoms with E-state index in [9.17, 15) is 26.8 Å². The van der Waals surface area contributed by atoms with E-state index in [0.717, 1.165) is 19.8 Å². The summed E-state index contributed by atoms with van der Waals surface area (Å²) in [5.41, 5.74) is 0.332. The van der Waals surface area contributed by atoms with Crippen LogP contribution in [0.2, 0.25) is 0 Å². The van der Waals surface area contributed by atoms with E-state index in [1.54, 1.807) is 6.92 Å². The van der Waals surface area contributed by atoms with Crippen molar-refractivity contribution >= 4 is 22.1 Å². The maximum absolute atomic E-state index is 14.0. The summed E-state index contributed by atoms with van der Waals surface area (Å²) >= 11 is 0. The predicted octanol–water partition coefficient (Wildman–Crippen LogP) is 2.66. The Morgan fingerprint density at radius 1 is 1.10 bits per heavy atom. The maximum atomic E-state index is 14.0. The molecule has 0 heterocycles. The first kappa shape index (κ1) is 22.1. The Labute approximate surface area is 168 Å². The van der Waals surface area contributed by atoms with Crippen LogP contribution in [0.15, 0.2) is 12.2 Å². The standard InChI is InChI=1S/C19H26F2O7S/c1-9(2)17(22)28-16-8-11-5-15(16)14-7-12(6-13(11)14)18(23)27-10(3)19(20,21)29(24,25)26-4/h10-16H,1,5-8H2,2-4H3. The van der Waals surface area contributed by atoms with Gasteiger partial charge in [-0.2, -0.15) is 17.2 Å². The number of halogens is 2. The Bertz CT molecular complexity index is 809. The van der Waals surface area contributed by atoms with Gasteiger partial charge in [-0.25, -0.2) is 4.79 Å². The molecule has 0 spiro atoms. The van der Waals surface area contributed by atoms with Gasteiger partial charge >= 0.3 is 27.3 Å². The second-order valence-electron chi connectivity index (χ2n) is 8.38. The topological polar surface area (TPSA) is 96.0 Å². The highest BCUT2D eigenvalue weighted by atomic mass is 32.2. The molecule has 7 atom stereocenters. The van der Waals surface area contributed by atoms with Crippen LogP contribution in [0.1, 0.15) is 39.5 Å². The maximum Gasteiger partial charge on any atom is 0.405 e. The first-order valence-electron chi connectivity index (χ1n) is 9.64. The van der Waals surface area contributed by atoms with Crippen LogP contribution in [0, 0.1) is 29.6 Å². The van der Waals surface area contributed by atoms with Crippen molar-refractivity contribution in [1.82, 2.24) is 0 Å². The fraction of sp³-hybridized carbons (Fsp3) is 0.789. The molecule has 7 nitrogen and oxygen atoms in total. The van der Waals surface area contributed by atoms with Gasteiger partial charge in [-0.05, 0) is 63.2 Å². The number of fused-ring (bicyclic) bond motifs is 5. The summed E-state index contributed by atoms with van der Waals surface area (Å²) in [5, 5.41) is -4.34. The summed E-state index contributed by atoms with van der Waals surface area (Å²) in [6, 6.07) is 0. The molecule has 29 heavy (non-hydrogen) atoms. The Balaban J connectivity index is 1.61. The number of carbonyl (C=O) groups is 2. The molecular formula is C19H26F2O7S. The minimum atomic E-state index is -5.18. The molecule has 7 unspecified atom stereocenters. The van der Waals surface area contributed by atoms with Gasteiger partial charge in [-0.15, -0.1) is 0 Å². The monoisotopic (exact) mass is 436 g/mol. The molecule has 0 aromatic heterocycles. The highest BCUT2D eigenvalue weighted by Gasteiger charge is 2.59. The van der Waals surface area contributed by atoms with Crippen molar-refractivity contribution in [2.75, 3.05) is 7.11 Å². The van der Waals surface area contributed by atoms with Gasteiger partial charge < -0.3 is 9.47 Å². The largest absolute Gasteiger partial charge is 0.459 e. The third kappa shape index (κ3) is 3.81. The molecule has 10 heteroatoms. The number of carbonyl (C=O) groups excluding carboxylic acids is 2. The number of alkyl halides is 2. The van der Waals surface area contributed by atoms with Crippen LogP contribution in [-0.4, -0.2) is 44.9 Å². The third-order valence-corrected chi connectivity index (χ3v) is 8.10. The molecule has 0 amide bonds. The van der Waals surface area contributed by atoms with E-state index in [4.69, 9.17) is 9.47 Å². The zero-order chi connectivity index (χ0) is 21.7. The summed E-state index contributed by atoms with van der Waals surface area (Å²) in [6.07, 6.45) is 0.248. The van der Waals surface area contributed by atoms with E-state index in [2.05, 4.69) is 10.8 Å². The first-order valence-corrected chi connectivity index (χ1v) is 11.0. The third-order valence-electron chi connectivity index (χ3n) is 6.67. The molecule has 3 aliphatic carbocycles. The highest BCUT2D eigenvalue weighted by Crippen LogP contribution is 2.61. The molecule has 0 N–H and O–H groups in total. The van der Waals surface area contributed by atoms with Gasteiger partial charge in [0.1, 0.15) is 6.10 Å². The summed E-state index contributed by atoms with van der Waals surface area (Å²) in [4.78, 5) is 24.3. The van der Waals surface area contributed by atoms with Crippen LogP contribution in [0.5, 0.6) is 0 Å². The van der Waals surface area contributed by atoms with Crippen molar-refractivity contribution in [3.05, 3.63) is 12.2 Å². The summed E-state index contributed by atoms with van der Waals surface area (Å²) in [6.45, 7) is 6.00. The van der Waals surface area contributed by atoms with Gasteiger partial charge in [-0.3, -0.25) is 8.98 Å².